The Kier molecular flexibility index (Phi) is 5.50. The summed E-state index contributed by atoms with van der Waals surface area (Å²) in [6.45, 7) is 2.52. The number of nitrogens with one attached hydrogen (secondary N) is 1. The van der Waals surface area contributed by atoms with Crippen LogP contribution in [0.5, 0.6) is 0 Å². The first-order valence-electron chi connectivity index (χ1n) is 7.26. The van der Waals surface area contributed by atoms with Crippen LogP contribution in [0.3, 0.4) is 0 Å². The Morgan fingerprint density at radius 3 is 2.95 bits per heavy atom. The quantitative estimate of drug-likeness (QED) is 0.886. The molecule has 1 aliphatic heterocycles. The molecule has 1 aromatic carbocycles. The van der Waals surface area contributed by atoms with Crippen LogP contribution < -0.4 is 10.2 Å². The van der Waals surface area contributed by atoms with Gasteiger partial charge in [0.2, 0.25) is 11.8 Å². The maximum absolute atomic E-state index is 12.0. The number of carbonyl (C=O) groups excluding carboxylic acids is 2. The first-order valence-corrected chi connectivity index (χ1v) is 7.26. The highest BCUT2D eigenvalue weighted by molar-refractivity contribution is 5.97. The average molecular weight is 301 g/mol. The molecular formula is C16H19N3O3. The molecule has 2 amide bonds. The number of nitrogens with zero attached hydrogens (tertiary/aromatic N) is 2. The molecule has 1 fully saturated rings. The van der Waals surface area contributed by atoms with Gasteiger partial charge in [0.05, 0.1) is 17.7 Å². The lowest BCUT2D eigenvalue weighted by atomic mass is 10.2. The van der Waals surface area contributed by atoms with Crippen molar-refractivity contribution in [3.63, 3.8) is 0 Å². The molecule has 6 heteroatoms. The number of anilines is 1. The second-order valence-electron chi connectivity index (χ2n) is 5.21. The SMILES string of the molecule is CC(=O)N(CC(=O)NCC1CCCO1)c1cccc(C#N)c1. The number of hydrogen-bond acceptors (Lipinski definition) is 4. The smallest absolute Gasteiger partial charge is 0.240 e. The molecule has 1 unspecified atom stereocenters. The average Bonchev–Trinajstić information content (AvgIpc) is 3.03. The van der Waals surface area contributed by atoms with Gasteiger partial charge < -0.3 is 15.0 Å². The summed E-state index contributed by atoms with van der Waals surface area (Å²) < 4.78 is 5.44. The third-order valence-corrected chi connectivity index (χ3v) is 3.52. The Morgan fingerprint density at radius 2 is 2.32 bits per heavy atom. The van der Waals surface area contributed by atoms with Gasteiger partial charge >= 0.3 is 0 Å². The van der Waals surface area contributed by atoms with Crippen LogP contribution in [0.1, 0.15) is 25.3 Å². The van der Waals surface area contributed by atoms with Gasteiger partial charge in [0.15, 0.2) is 0 Å². The highest BCUT2D eigenvalue weighted by Crippen LogP contribution is 2.16. The summed E-state index contributed by atoms with van der Waals surface area (Å²) in [5.74, 6) is -0.490. The van der Waals surface area contributed by atoms with Gasteiger partial charge in [-0.3, -0.25) is 9.59 Å². The Hall–Kier alpha value is -2.39. The standard InChI is InChI=1S/C16H19N3O3/c1-12(20)19(14-5-2-4-13(8-14)9-17)11-16(21)18-10-15-6-3-7-22-15/h2,4-5,8,15H,3,6-7,10-11H2,1H3,(H,18,21). The summed E-state index contributed by atoms with van der Waals surface area (Å²) in [4.78, 5) is 25.1. The molecule has 1 atom stereocenters. The van der Waals surface area contributed by atoms with Crippen molar-refractivity contribution in [2.75, 3.05) is 24.6 Å². The second-order valence-corrected chi connectivity index (χ2v) is 5.21. The molecule has 1 heterocycles. The fourth-order valence-electron chi connectivity index (χ4n) is 2.36. The van der Waals surface area contributed by atoms with Crippen molar-refractivity contribution in [1.82, 2.24) is 5.32 Å². The van der Waals surface area contributed by atoms with Gasteiger partial charge in [-0.25, -0.2) is 0 Å². The van der Waals surface area contributed by atoms with E-state index in [-0.39, 0.29) is 24.5 Å². The molecule has 1 aromatic rings. The monoisotopic (exact) mass is 301 g/mol. The molecule has 6 nitrogen and oxygen atoms in total. The van der Waals surface area contributed by atoms with Gasteiger partial charge in [-0.1, -0.05) is 6.07 Å². The van der Waals surface area contributed by atoms with Crippen molar-refractivity contribution in [1.29, 1.82) is 5.26 Å². The van der Waals surface area contributed by atoms with Crippen LogP contribution in [0.15, 0.2) is 24.3 Å². The van der Waals surface area contributed by atoms with Gasteiger partial charge in [0.1, 0.15) is 6.54 Å². The van der Waals surface area contributed by atoms with Crippen LogP contribution in [0.2, 0.25) is 0 Å². The first kappa shape index (κ1) is 16.0. The highest BCUT2D eigenvalue weighted by Gasteiger charge is 2.19. The Balaban J connectivity index is 1.97. The van der Waals surface area contributed by atoms with Crippen LogP contribution in [-0.4, -0.2) is 37.6 Å². The van der Waals surface area contributed by atoms with E-state index in [2.05, 4.69) is 5.32 Å². The zero-order valence-corrected chi connectivity index (χ0v) is 12.5. The molecule has 0 radical (unpaired) electrons. The molecule has 2 rings (SSSR count). The third-order valence-electron chi connectivity index (χ3n) is 3.52. The van der Waals surface area contributed by atoms with E-state index in [1.54, 1.807) is 24.3 Å². The van der Waals surface area contributed by atoms with Crippen LogP contribution in [0, 0.1) is 11.3 Å². The fraction of sp³-hybridized carbons (Fsp3) is 0.438. The molecule has 0 saturated carbocycles. The Labute approximate surface area is 129 Å². The third kappa shape index (κ3) is 4.30. The molecule has 1 saturated heterocycles. The summed E-state index contributed by atoms with van der Waals surface area (Å²) in [6, 6.07) is 8.66. The number of rotatable bonds is 5. The van der Waals surface area contributed by atoms with Crippen molar-refractivity contribution < 1.29 is 14.3 Å². The number of carbonyl (C=O) groups is 2. The van der Waals surface area contributed by atoms with E-state index >= 15 is 0 Å². The van der Waals surface area contributed by atoms with Crippen LogP contribution in [0.25, 0.3) is 0 Å². The molecule has 0 aromatic heterocycles. The summed E-state index contributed by atoms with van der Waals surface area (Å²) >= 11 is 0. The van der Waals surface area contributed by atoms with E-state index in [9.17, 15) is 9.59 Å². The molecule has 0 aliphatic carbocycles. The number of nitriles is 1. The van der Waals surface area contributed by atoms with Crippen molar-refractivity contribution >= 4 is 17.5 Å². The predicted molar refractivity (Wildman–Crippen MR) is 81.2 cm³/mol. The lowest BCUT2D eigenvalue weighted by molar-refractivity contribution is -0.123. The Bertz CT molecular complexity index is 589. The van der Waals surface area contributed by atoms with Crippen LogP contribution >= 0.6 is 0 Å². The molecular weight excluding hydrogens is 282 g/mol. The van der Waals surface area contributed by atoms with Gasteiger partial charge in [-0.05, 0) is 31.0 Å². The van der Waals surface area contributed by atoms with E-state index in [4.69, 9.17) is 10.00 Å². The normalized spacial score (nSPS) is 16.8. The van der Waals surface area contributed by atoms with Crippen LogP contribution in [-0.2, 0) is 14.3 Å². The zero-order chi connectivity index (χ0) is 15.9. The molecule has 0 spiro atoms. The highest BCUT2D eigenvalue weighted by atomic mass is 16.5. The summed E-state index contributed by atoms with van der Waals surface area (Å²) in [5.41, 5.74) is 0.988. The van der Waals surface area contributed by atoms with E-state index in [1.165, 1.54) is 11.8 Å². The van der Waals surface area contributed by atoms with Gasteiger partial charge in [0, 0.05) is 25.8 Å². The zero-order valence-electron chi connectivity index (χ0n) is 12.5. The first-order chi connectivity index (χ1) is 10.6. The number of hydrogen-bond donors (Lipinski definition) is 1. The second kappa shape index (κ2) is 7.57. The van der Waals surface area contributed by atoms with E-state index < -0.39 is 0 Å². The maximum atomic E-state index is 12.0. The minimum atomic E-state index is -0.248. The predicted octanol–water partition coefficient (Wildman–Crippen LogP) is 1.21. The van der Waals surface area contributed by atoms with Crippen molar-refractivity contribution in [2.24, 2.45) is 0 Å². The largest absolute Gasteiger partial charge is 0.376 e. The lowest BCUT2D eigenvalue weighted by Gasteiger charge is -2.21. The minimum Gasteiger partial charge on any atom is -0.376 e. The van der Waals surface area contributed by atoms with Crippen LogP contribution in [0.4, 0.5) is 5.69 Å². The van der Waals surface area contributed by atoms with E-state index in [1.807, 2.05) is 6.07 Å². The van der Waals surface area contributed by atoms with Gasteiger partial charge in [0.25, 0.3) is 0 Å². The number of benzene rings is 1. The van der Waals surface area contributed by atoms with Crippen molar-refractivity contribution in [3.8, 4) is 6.07 Å². The molecule has 1 N–H and O–H groups in total. The molecule has 22 heavy (non-hydrogen) atoms. The van der Waals surface area contributed by atoms with Crippen molar-refractivity contribution in [2.45, 2.75) is 25.9 Å². The summed E-state index contributed by atoms with van der Waals surface area (Å²) in [7, 11) is 0. The van der Waals surface area contributed by atoms with Crippen molar-refractivity contribution in [3.05, 3.63) is 29.8 Å². The van der Waals surface area contributed by atoms with Gasteiger partial charge in [-0.15, -0.1) is 0 Å². The molecule has 0 bridgehead atoms. The molecule has 116 valence electrons. The molecule has 1 aliphatic rings. The minimum absolute atomic E-state index is 0.0663. The summed E-state index contributed by atoms with van der Waals surface area (Å²) in [5, 5.41) is 11.7. The number of ether oxygens (including phenoxy) is 1. The lowest BCUT2D eigenvalue weighted by Crippen LogP contribution is -2.42. The fourth-order valence-corrected chi connectivity index (χ4v) is 2.36. The topological polar surface area (TPSA) is 82.4 Å². The number of amides is 2. The van der Waals surface area contributed by atoms with Gasteiger partial charge in [-0.2, -0.15) is 5.26 Å². The van der Waals surface area contributed by atoms with E-state index in [0.29, 0.717) is 17.8 Å². The van der Waals surface area contributed by atoms with E-state index in [0.717, 1.165) is 19.4 Å². The maximum Gasteiger partial charge on any atom is 0.240 e. The summed E-state index contributed by atoms with van der Waals surface area (Å²) in [6.07, 6.45) is 2.03. The Morgan fingerprint density at radius 1 is 1.50 bits per heavy atom.